The van der Waals surface area contributed by atoms with Crippen molar-refractivity contribution in [1.82, 2.24) is 0 Å². The minimum Gasteiger partial charge on any atom is -0.287 e. The maximum atomic E-state index is 12.9. The fourth-order valence-electron chi connectivity index (χ4n) is 1.43. The van der Waals surface area contributed by atoms with Gasteiger partial charge in [-0.15, -0.1) is 0 Å². The van der Waals surface area contributed by atoms with Crippen molar-refractivity contribution in [2.45, 2.75) is 12.3 Å². The summed E-state index contributed by atoms with van der Waals surface area (Å²) >= 11 is 3.13. The molecule has 68 valence electrons. The molecule has 0 amide bonds. The topological polar surface area (TPSA) is 17.1 Å². The van der Waals surface area contributed by atoms with Crippen LogP contribution in [0.25, 0.3) is 0 Å². The van der Waals surface area contributed by atoms with Crippen LogP contribution in [0, 0.1) is 0 Å². The van der Waals surface area contributed by atoms with Crippen molar-refractivity contribution in [3.05, 3.63) is 33.8 Å². The van der Waals surface area contributed by atoms with Crippen molar-refractivity contribution in [3.8, 4) is 0 Å². The van der Waals surface area contributed by atoms with E-state index in [1.54, 1.807) is 12.1 Å². The van der Waals surface area contributed by atoms with Gasteiger partial charge < -0.3 is 0 Å². The molecular weight excluding hydrogens is 242 g/mol. The van der Waals surface area contributed by atoms with Crippen molar-refractivity contribution in [3.63, 3.8) is 0 Å². The van der Waals surface area contributed by atoms with Gasteiger partial charge in [0, 0.05) is 16.5 Å². The van der Waals surface area contributed by atoms with E-state index in [1.165, 1.54) is 6.07 Å². The van der Waals surface area contributed by atoms with Crippen molar-refractivity contribution in [2.75, 3.05) is 0 Å². The smallest absolute Gasteiger partial charge is 0.287 e. The molecule has 0 N–H and O–H groups in total. The minimum atomic E-state index is -3.21. The molecule has 0 radical (unpaired) electrons. The summed E-state index contributed by atoms with van der Waals surface area (Å²) in [5.74, 6) is -4.27. The molecule has 0 spiro atoms. The summed E-state index contributed by atoms with van der Waals surface area (Å²) in [5.41, 5.74) is 0.567. The molecule has 13 heavy (non-hydrogen) atoms. The molecule has 0 bridgehead atoms. The summed E-state index contributed by atoms with van der Waals surface area (Å²) in [6.45, 7) is 0. The molecule has 0 saturated carbocycles. The van der Waals surface area contributed by atoms with Gasteiger partial charge in [-0.25, -0.2) is 0 Å². The standard InChI is InChI=1S/C9H5BrF2O/c10-6-2-1-5-4-9(11,12)8(13)7(5)3-6/h1-3H,4H2. The Morgan fingerprint density at radius 2 is 2.08 bits per heavy atom. The van der Waals surface area contributed by atoms with E-state index < -0.39 is 18.1 Å². The average Bonchev–Trinajstić information content (AvgIpc) is 2.26. The summed E-state index contributed by atoms with van der Waals surface area (Å²) in [5, 5.41) is 0. The summed E-state index contributed by atoms with van der Waals surface area (Å²) in [6.07, 6.45) is -0.464. The molecule has 1 aliphatic carbocycles. The van der Waals surface area contributed by atoms with Crippen LogP contribution >= 0.6 is 15.9 Å². The summed E-state index contributed by atoms with van der Waals surface area (Å²) in [4.78, 5) is 11.1. The average molecular weight is 247 g/mol. The number of halogens is 3. The SMILES string of the molecule is O=C1c2cc(Br)ccc2CC1(F)F. The van der Waals surface area contributed by atoms with Gasteiger partial charge in [-0.2, -0.15) is 8.78 Å². The first-order valence-corrected chi connectivity index (χ1v) is 4.51. The summed E-state index contributed by atoms with van der Waals surface area (Å²) in [7, 11) is 0. The second-order valence-corrected chi connectivity index (χ2v) is 3.93. The van der Waals surface area contributed by atoms with Crippen LogP contribution < -0.4 is 0 Å². The molecule has 4 heteroatoms. The number of carbonyl (C=O) groups is 1. The normalized spacial score (nSPS) is 18.8. The van der Waals surface area contributed by atoms with Gasteiger partial charge in [0.25, 0.3) is 0 Å². The second-order valence-electron chi connectivity index (χ2n) is 3.01. The van der Waals surface area contributed by atoms with E-state index in [-0.39, 0.29) is 5.56 Å². The molecule has 0 unspecified atom stereocenters. The van der Waals surface area contributed by atoms with Gasteiger partial charge in [0.15, 0.2) is 0 Å². The van der Waals surface area contributed by atoms with Gasteiger partial charge in [-0.05, 0) is 17.7 Å². The third-order valence-electron chi connectivity index (χ3n) is 2.06. The third-order valence-corrected chi connectivity index (χ3v) is 2.55. The molecule has 0 atom stereocenters. The van der Waals surface area contributed by atoms with Gasteiger partial charge >= 0.3 is 5.92 Å². The predicted molar refractivity (Wildman–Crippen MR) is 47.1 cm³/mol. The predicted octanol–water partition coefficient (Wildman–Crippen LogP) is 2.82. The number of benzene rings is 1. The van der Waals surface area contributed by atoms with Crippen LogP contribution in [0.5, 0.6) is 0 Å². The number of rotatable bonds is 0. The second kappa shape index (κ2) is 2.61. The number of carbonyl (C=O) groups excluding carboxylic acids is 1. The highest BCUT2D eigenvalue weighted by atomic mass is 79.9. The lowest BCUT2D eigenvalue weighted by Gasteiger charge is -2.02. The maximum absolute atomic E-state index is 12.9. The molecule has 0 fully saturated rings. The van der Waals surface area contributed by atoms with Gasteiger partial charge in [0.2, 0.25) is 5.78 Å². The Morgan fingerprint density at radius 1 is 1.38 bits per heavy atom. The lowest BCUT2D eigenvalue weighted by molar-refractivity contribution is 0.0168. The van der Waals surface area contributed by atoms with Crippen LogP contribution in [0.4, 0.5) is 8.78 Å². The van der Waals surface area contributed by atoms with E-state index in [0.29, 0.717) is 10.0 Å². The molecule has 1 aromatic carbocycles. The van der Waals surface area contributed by atoms with E-state index in [0.717, 1.165) is 0 Å². The van der Waals surface area contributed by atoms with Crippen molar-refractivity contribution in [1.29, 1.82) is 0 Å². The van der Waals surface area contributed by atoms with Crippen LogP contribution in [0.2, 0.25) is 0 Å². The molecule has 0 aromatic heterocycles. The zero-order valence-corrected chi connectivity index (χ0v) is 8.07. The van der Waals surface area contributed by atoms with Crippen LogP contribution in [-0.4, -0.2) is 11.7 Å². The maximum Gasteiger partial charge on any atom is 0.313 e. The van der Waals surface area contributed by atoms with E-state index in [2.05, 4.69) is 15.9 Å². The Balaban J connectivity index is 2.57. The van der Waals surface area contributed by atoms with E-state index in [4.69, 9.17) is 0 Å². The highest BCUT2D eigenvalue weighted by molar-refractivity contribution is 9.10. The lowest BCUT2D eigenvalue weighted by Crippen LogP contribution is -2.23. The van der Waals surface area contributed by atoms with Crippen molar-refractivity contribution in [2.24, 2.45) is 0 Å². The first-order valence-electron chi connectivity index (χ1n) is 3.72. The van der Waals surface area contributed by atoms with Gasteiger partial charge in [0.05, 0.1) is 0 Å². The molecule has 0 saturated heterocycles. The van der Waals surface area contributed by atoms with Gasteiger partial charge in [-0.1, -0.05) is 22.0 Å². The minimum absolute atomic E-state index is 0.138. The molecule has 0 heterocycles. The fourth-order valence-corrected chi connectivity index (χ4v) is 1.79. The summed E-state index contributed by atoms with van der Waals surface area (Å²) < 4.78 is 26.4. The number of ketones is 1. The fraction of sp³-hybridized carbons (Fsp3) is 0.222. The van der Waals surface area contributed by atoms with Crippen molar-refractivity contribution < 1.29 is 13.6 Å². The molecule has 0 aliphatic heterocycles. The number of Topliss-reactive ketones (excluding diaryl/α,β-unsaturated/α-hetero) is 1. The lowest BCUT2D eigenvalue weighted by atomic mass is 10.1. The van der Waals surface area contributed by atoms with Gasteiger partial charge in [-0.3, -0.25) is 4.79 Å². The number of hydrogen-bond donors (Lipinski definition) is 0. The molecule has 1 aromatic rings. The zero-order chi connectivity index (χ0) is 9.64. The quantitative estimate of drug-likeness (QED) is 0.688. The zero-order valence-electron chi connectivity index (χ0n) is 6.48. The Morgan fingerprint density at radius 3 is 2.77 bits per heavy atom. The Hall–Kier alpha value is -0.770. The molecule has 1 aliphatic rings. The highest BCUT2D eigenvalue weighted by Crippen LogP contribution is 2.35. The van der Waals surface area contributed by atoms with Gasteiger partial charge in [0.1, 0.15) is 0 Å². The Bertz CT molecular complexity index is 387. The number of alkyl halides is 2. The largest absolute Gasteiger partial charge is 0.313 e. The Labute approximate surface area is 81.9 Å². The van der Waals surface area contributed by atoms with Crippen molar-refractivity contribution >= 4 is 21.7 Å². The van der Waals surface area contributed by atoms with E-state index in [1.807, 2.05) is 0 Å². The van der Waals surface area contributed by atoms with Crippen LogP contribution in [0.15, 0.2) is 22.7 Å². The van der Waals surface area contributed by atoms with Crippen LogP contribution in [0.3, 0.4) is 0 Å². The van der Waals surface area contributed by atoms with E-state index >= 15 is 0 Å². The molecule has 1 nitrogen and oxygen atoms in total. The van der Waals surface area contributed by atoms with Crippen LogP contribution in [0.1, 0.15) is 15.9 Å². The number of fused-ring (bicyclic) bond motifs is 1. The number of hydrogen-bond acceptors (Lipinski definition) is 1. The monoisotopic (exact) mass is 246 g/mol. The molecule has 2 rings (SSSR count). The summed E-state index contributed by atoms with van der Waals surface area (Å²) in [6, 6.07) is 4.66. The first kappa shape index (κ1) is 8.81. The highest BCUT2D eigenvalue weighted by Gasteiger charge is 2.46. The Kier molecular flexibility index (Phi) is 1.77. The van der Waals surface area contributed by atoms with Crippen LogP contribution in [-0.2, 0) is 6.42 Å². The molecular formula is C9H5BrF2O. The third kappa shape index (κ3) is 1.29. The first-order chi connectivity index (χ1) is 6.00. The van der Waals surface area contributed by atoms with E-state index in [9.17, 15) is 13.6 Å².